The number of anilines is 1. The van der Waals surface area contributed by atoms with Crippen LogP contribution in [0, 0.1) is 22.7 Å². The van der Waals surface area contributed by atoms with E-state index in [2.05, 4.69) is 16.0 Å². The number of hydrogen-bond donors (Lipinski definition) is 5. The summed E-state index contributed by atoms with van der Waals surface area (Å²) in [6.07, 6.45) is 0.0464. The molecule has 65 heavy (non-hydrogen) atoms. The van der Waals surface area contributed by atoms with Crippen molar-refractivity contribution in [2.45, 2.75) is 111 Å². The first kappa shape index (κ1) is 46.1. The summed E-state index contributed by atoms with van der Waals surface area (Å²) < 4.78 is 46.7. The van der Waals surface area contributed by atoms with Gasteiger partial charge in [-0.05, 0) is 100 Å². The summed E-state index contributed by atoms with van der Waals surface area (Å²) in [5.41, 5.74) is -5.91. The molecule has 0 spiro atoms. The molecule has 344 valence electrons. The molecule has 0 aromatic heterocycles. The smallest absolute Gasteiger partial charge is 0.253 e. The van der Waals surface area contributed by atoms with E-state index in [1.54, 1.807) is 43.3 Å². The number of fused-ring (bicyclic) bond motifs is 7. The molecule has 1 saturated heterocycles. The summed E-state index contributed by atoms with van der Waals surface area (Å²) in [4.78, 5) is 90.0. The van der Waals surface area contributed by atoms with Gasteiger partial charge in [0.1, 0.15) is 24.9 Å². The van der Waals surface area contributed by atoms with Gasteiger partial charge in [0, 0.05) is 62.9 Å². The van der Waals surface area contributed by atoms with Crippen LogP contribution in [0.15, 0.2) is 94.3 Å². The molecule has 2 aromatic rings. The van der Waals surface area contributed by atoms with Gasteiger partial charge in [0.05, 0.1) is 12.2 Å². The molecule has 0 radical (unpaired) electrons. The van der Waals surface area contributed by atoms with Gasteiger partial charge in [-0.15, -0.1) is 0 Å². The van der Waals surface area contributed by atoms with Crippen molar-refractivity contribution in [2.24, 2.45) is 22.7 Å². The Morgan fingerprint density at radius 2 is 1.52 bits per heavy atom. The second-order valence-electron chi connectivity index (χ2n) is 18.1. The molecule has 15 nitrogen and oxygen atoms in total. The maximum absolute atomic E-state index is 17.7. The third kappa shape index (κ3) is 7.66. The van der Waals surface area contributed by atoms with E-state index in [0.29, 0.717) is 11.3 Å². The second-order valence-corrected chi connectivity index (χ2v) is 19.2. The second kappa shape index (κ2) is 17.1. The Hall–Kier alpha value is -5.40. The van der Waals surface area contributed by atoms with Crippen LogP contribution in [0.5, 0.6) is 0 Å². The average molecular weight is 917 g/mol. The van der Waals surface area contributed by atoms with E-state index in [0.717, 1.165) is 32.9 Å². The predicted molar refractivity (Wildman–Crippen MR) is 229 cm³/mol. The number of imide groups is 1. The van der Waals surface area contributed by atoms with Crippen molar-refractivity contribution in [2.75, 3.05) is 18.5 Å². The minimum atomic E-state index is -2.35. The molecule has 4 aliphatic carbocycles. The molecule has 5 N–H and O–H groups in total. The number of carbonyl (C=O) groups excluding carboxylic acids is 7. The minimum absolute atomic E-state index is 0.000954. The maximum Gasteiger partial charge on any atom is 0.253 e. The van der Waals surface area contributed by atoms with Crippen LogP contribution in [0.25, 0.3) is 0 Å². The summed E-state index contributed by atoms with van der Waals surface area (Å²) in [5.74, 6) is -5.52. The van der Waals surface area contributed by atoms with Crippen LogP contribution < -0.4 is 16.0 Å². The first-order valence-corrected chi connectivity index (χ1v) is 22.3. The molecule has 2 heterocycles. The first-order valence-electron chi connectivity index (χ1n) is 21.5. The molecule has 0 unspecified atom stereocenters. The molecular formula is C47H50F2N4O11S. The fourth-order valence-electron chi connectivity index (χ4n) is 11.0. The lowest BCUT2D eigenvalue weighted by molar-refractivity contribution is -0.235. The van der Waals surface area contributed by atoms with Gasteiger partial charge in [-0.1, -0.05) is 36.9 Å². The summed E-state index contributed by atoms with van der Waals surface area (Å²) >= 11 is 1.42. The Balaban J connectivity index is 0.866. The number of alkyl halides is 2. The average Bonchev–Trinajstić information content (AvgIpc) is 3.90. The van der Waals surface area contributed by atoms with E-state index in [4.69, 9.17) is 9.47 Å². The monoisotopic (exact) mass is 916 g/mol. The molecule has 8 rings (SSSR count). The van der Waals surface area contributed by atoms with E-state index < -0.39 is 118 Å². The third-order valence-corrected chi connectivity index (χ3v) is 15.4. The van der Waals surface area contributed by atoms with E-state index in [1.165, 1.54) is 44.7 Å². The van der Waals surface area contributed by atoms with Gasteiger partial charge in [-0.25, -0.2) is 8.78 Å². The van der Waals surface area contributed by atoms with Crippen LogP contribution >= 0.6 is 11.8 Å². The van der Waals surface area contributed by atoms with E-state index in [1.807, 2.05) is 12.1 Å². The lowest BCUT2D eigenvalue weighted by Gasteiger charge is -2.63. The number of ether oxygens (including phenoxy) is 2. The van der Waals surface area contributed by atoms with E-state index in [9.17, 15) is 43.8 Å². The lowest BCUT2D eigenvalue weighted by atomic mass is 9.44. The number of allylic oxidation sites excluding steroid dienone is 4. The quantitative estimate of drug-likeness (QED) is 0.182. The molecular weight excluding hydrogens is 867 g/mol. The predicted octanol–water partition coefficient (Wildman–Crippen LogP) is 3.74. The SMILES string of the molecule is C[C@H](NC(=O)CCN1C(=O)C=CC1=O)C(=O)N[C@@H](C)C(=O)Nc1ccc(Sc2ccc([C@H]3O[C@@H]4C[C@H]5[C@@H]6C[C@H](F)C7=CC(=O)C=C[C@]7(C)[C@@]6(F)[C@@H](O)C[C@]5(C)[C@]4(C(=O)CO)O3)cc2)cc1. The van der Waals surface area contributed by atoms with Crippen LogP contribution in [-0.2, 0) is 43.0 Å². The van der Waals surface area contributed by atoms with Gasteiger partial charge in [0.25, 0.3) is 11.8 Å². The zero-order chi connectivity index (χ0) is 46.8. The number of hydrogen-bond acceptors (Lipinski definition) is 12. The molecule has 2 aliphatic heterocycles. The normalized spacial score (nSPS) is 34.2. The molecule has 4 fully saturated rings. The van der Waals surface area contributed by atoms with Crippen LogP contribution in [0.2, 0.25) is 0 Å². The van der Waals surface area contributed by atoms with Crippen molar-refractivity contribution in [1.82, 2.24) is 15.5 Å². The number of rotatable bonds is 13. The standard InChI is InChI=1S/C47H50F2N4O11S/c1-24(50-38(58)16-18-53-39(59)13-14-40(53)60)41(61)51-25(2)42(62)52-27-7-11-30(12-8-27)65-29-9-5-26(6-10-29)43-63-37-21-31-32-20-34(48)33-19-28(55)15-17-44(33,3)46(32,49)35(56)22-45(31,4)47(37,64-43)36(57)23-54/h5-15,17,19,24-25,31-32,34-35,37,43,54,56H,16,18,20-23H2,1-4H3,(H,50,58)(H,51,61)(H,52,62)/t24-,25-,31-,32-,34-,35-,37+,43-,44-,45-,46-,47+/m0/s1. The van der Waals surface area contributed by atoms with Crippen LogP contribution in [0.3, 0.4) is 0 Å². The van der Waals surface area contributed by atoms with Gasteiger partial charge in [-0.3, -0.25) is 38.5 Å². The number of nitrogens with zero attached hydrogens (tertiary/aromatic N) is 1. The fraction of sp³-hybridized carbons (Fsp3) is 0.468. The highest BCUT2D eigenvalue weighted by Crippen LogP contribution is 2.72. The van der Waals surface area contributed by atoms with E-state index in [-0.39, 0.29) is 37.8 Å². The molecule has 2 aromatic carbocycles. The summed E-state index contributed by atoms with van der Waals surface area (Å²) in [7, 11) is 0. The Morgan fingerprint density at radius 1 is 0.892 bits per heavy atom. The van der Waals surface area contributed by atoms with Crippen LogP contribution in [0.1, 0.15) is 65.2 Å². The van der Waals surface area contributed by atoms with Gasteiger partial charge >= 0.3 is 0 Å². The first-order chi connectivity index (χ1) is 30.7. The van der Waals surface area contributed by atoms with Crippen molar-refractivity contribution in [3.8, 4) is 0 Å². The topological polar surface area (TPSA) is 218 Å². The Labute approximate surface area is 377 Å². The number of halogens is 2. The molecule has 18 heteroatoms. The summed E-state index contributed by atoms with van der Waals surface area (Å²) in [5, 5.41) is 29.9. The van der Waals surface area contributed by atoms with Gasteiger partial charge in [0.2, 0.25) is 17.7 Å². The van der Waals surface area contributed by atoms with Crippen molar-refractivity contribution in [3.63, 3.8) is 0 Å². The molecule has 3 saturated carbocycles. The molecule has 0 bridgehead atoms. The Morgan fingerprint density at radius 3 is 2.17 bits per heavy atom. The highest BCUT2D eigenvalue weighted by atomic mass is 32.2. The zero-order valence-corrected chi connectivity index (χ0v) is 36.9. The number of carbonyl (C=O) groups is 7. The minimum Gasteiger partial charge on any atom is -0.390 e. The number of Topliss-reactive ketones (excluding diaryl/α,β-unsaturated/α-hetero) is 1. The number of amides is 5. The van der Waals surface area contributed by atoms with Gasteiger partial charge in [0.15, 0.2) is 29.1 Å². The maximum atomic E-state index is 17.7. The Kier molecular flexibility index (Phi) is 12.1. The van der Waals surface area contributed by atoms with Gasteiger partial charge < -0.3 is 35.6 Å². The molecule has 12 atom stereocenters. The number of nitrogens with one attached hydrogen (secondary N) is 3. The summed E-state index contributed by atoms with van der Waals surface area (Å²) in [6.45, 7) is 5.15. The molecule has 5 amide bonds. The van der Waals surface area contributed by atoms with Crippen molar-refractivity contribution in [1.29, 1.82) is 0 Å². The summed E-state index contributed by atoms with van der Waals surface area (Å²) in [6, 6.07) is 12.3. The number of aliphatic hydroxyl groups excluding tert-OH is 2. The van der Waals surface area contributed by atoms with Crippen molar-refractivity contribution >= 4 is 58.6 Å². The zero-order valence-electron chi connectivity index (χ0n) is 36.0. The largest absolute Gasteiger partial charge is 0.390 e. The lowest BCUT2D eigenvalue weighted by Crippen LogP contribution is -2.70. The van der Waals surface area contributed by atoms with E-state index >= 15 is 8.78 Å². The van der Waals surface area contributed by atoms with Crippen LogP contribution in [0.4, 0.5) is 14.5 Å². The highest BCUT2D eigenvalue weighted by molar-refractivity contribution is 7.99. The van der Waals surface area contributed by atoms with Crippen molar-refractivity contribution in [3.05, 3.63) is 90.0 Å². The number of ketones is 2. The highest BCUT2D eigenvalue weighted by Gasteiger charge is 2.80. The third-order valence-electron chi connectivity index (χ3n) is 14.4. The van der Waals surface area contributed by atoms with Gasteiger partial charge in [-0.2, -0.15) is 0 Å². The van der Waals surface area contributed by atoms with Crippen LogP contribution in [-0.4, -0.2) is 111 Å². The van der Waals surface area contributed by atoms with Crippen molar-refractivity contribution < 1.29 is 62.0 Å². The fourth-order valence-corrected chi connectivity index (χ4v) is 11.9. The number of aliphatic hydroxyl groups is 2. The number of benzene rings is 2. The Bertz CT molecular complexity index is 2410. The molecule has 6 aliphatic rings.